The Morgan fingerprint density at radius 2 is 1.74 bits per heavy atom. The fourth-order valence-corrected chi connectivity index (χ4v) is 6.19. The number of rotatable bonds is 8. The molecule has 0 amide bonds. The smallest absolute Gasteiger partial charge is 0.235 e. The zero-order valence-corrected chi connectivity index (χ0v) is 20.0. The molecule has 0 unspecified atom stereocenters. The van der Waals surface area contributed by atoms with Crippen molar-refractivity contribution in [3.63, 3.8) is 0 Å². The Balaban J connectivity index is 1.34. The Kier molecular flexibility index (Phi) is 5.45. The molecule has 1 saturated heterocycles. The van der Waals surface area contributed by atoms with E-state index in [1.54, 1.807) is 0 Å². The molecule has 180 valence electrons. The van der Waals surface area contributed by atoms with E-state index in [-0.39, 0.29) is 11.4 Å². The van der Waals surface area contributed by atoms with Gasteiger partial charge >= 0.3 is 0 Å². The lowest BCUT2D eigenvalue weighted by Crippen LogP contribution is -2.25. The van der Waals surface area contributed by atoms with Gasteiger partial charge in [-0.05, 0) is 55.9 Å². The number of nitrogens with zero attached hydrogens (tertiary/aromatic N) is 1. The van der Waals surface area contributed by atoms with Crippen molar-refractivity contribution in [2.24, 2.45) is 5.92 Å². The highest BCUT2D eigenvalue weighted by molar-refractivity contribution is 7.93. The van der Waals surface area contributed by atoms with Crippen LogP contribution >= 0.6 is 0 Å². The summed E-state index contributed by atoms with van der Waals surface area (Å²) in [5.74, 6) is 1.53. The fourth-order valence-electron chi connectivity index (χ4n) is 4.80. The van der Waals surface area contributed by atoms with Crippen molar-refractivity contribution in [2.75, 3.05) is 23.7 Å². The SMILES string of the molecule is Nc1c(-c2ccc(NS(=O)(=O)C3CC3)cc2)n(CC2CC2)c2cc(OC3CCOCC3)ccc12. The van der Waals surface area contributed by atoms with E-state index in [0.29, 0.717) is 11.6 Å². The molecule has 3 fully saturated rings. The van der Waals surface area contributed by atoms with Gasteiger partial charge in [-0.15, -0.1) is 0 Å². The first kappa shape index (κ1) is 21.8. The molecule has 8 heteroatoms. The number of nitrogens with two attached hydrogens (primary N) is 1. The topological polar surface area (TPSA) is 95.6 Å². The zero-order chi connectivity index (χ0) is 23.3. The van der Waals surface area contributed by atoms with Crippen molar-refractivity contribution in [1.82, 2.24) is 4.57 Å². The summed E-state index contributed by atoms with van der Waals surface area (Å²) in [6, 6.07) is 13.8. The number of anilines is 2. The highest BCUT2D eigenvalue weighted by atomic mass is 32.2. The molecule has 3 aliphatic rings. The fraction of sp³-hybridized carbons (Fsp3) is 0.462. The van der Waals surface area contributed by atoms with Crippen LogP contribution in [-0.4, -0.2) is 37.6 Å². The number of ether oxygens (including phenoxy) is 2. The Bertz CT molecular complexity index is 1300. The van der Waals surface area contributed by atoms with Crippen molar-refractivity contribution < 1.29 is 17.9 Å². The van der Waals surface area contributed by atoms with Crippen LogP contribution in [0.4, 0.5) is 11.4 Å². The summed E-state index contributed by atoms with van der Waals surface area (Å²) in [5, 5.41) is 0.773. The van der Waals surface area contributed by atoms with Gasteiger partial charge in [0, 0.05) is 42.1 Å². The van der Waals surface area contributed by atoms with E-state index in [1.807, 2.05) is 30.3 Å². The van der Waals surface area contributed by atoms with Crippen LogP contribution in [0.15, 0.2) is 42.5 Å². The summed E-state index contributed by atoms with van der Waals surface area (Å²) in [7, 11) is -3.28. The van der Waals surface area contributed by atoms with Gasteiger partial charge in [-0.1, -0.05) is 12.1 Å². The van der Waals surface area contributed by atoms with Gasteiger partial charge in [0.1, 0.15) is 11.9 Å². The molecule has 2 aliphatic carbocycles. The molecule has 2 aromatic carbocycles. The van der Waals surface area contributed by atoms with Crippen LogP contribution in [0.3, 0.4) is 0 Å². The quantitative estimate of drug-likeness (QED) is 0.484. The largest absolute Gasteiger partial charge is 0.490 e. The van der Waals surface area contributed by atoms with Gasteiger partial charge in [-0.3, -0.25) is 4.72 Å². The van der Waals surface area contributed by atoms with E-state index in [2.05, 4.69) is 21.4 Å². The Morgan fingerprint density at radius 1 is 1.00 bits per heavy atom. The van der Waals surface area contributed by atoms with E-state index in [4.69, 9.17) is 15.2 Å². The summed E-state index contributed by atoms with van der Waals surface area (Å²) in [5.41, 5.74) is 11.1. The molecule has 2 heterocycles. The monoisotopic (exact) mass is 481 g/mol. The number of benzene rings is 2. The van der Waals surface area contributed by atoms with Gasteiger partial charge in [-0.25, -0.2) is 8.42 Å². The van der Waals surface area contributed by atoms with E-state index in [9.17, 15) is 8.42 Å². The van der Waals surface area contributed by atoms with E-state index >= 15 is 0 Å². The zero-order valence-electron chi connectivity index (χ0n) is 19.2. The van der Waals surface area contributed by atoms with Crippen molar-refractivity contribution in [2.45, 2.75) is 56.4 Å². The van der Waals surface area contributed by atoms with Gasteiger partial charge in [0.2, 0.25) is 10.0 Å². The molecule has 0 bridgehead atoms. The molecule has 1 aromatic heterocycles. The number of sulfonamides is 1. The molecular weight excluding hydrogens is 450 g/mol. The summed E-state index contributed by atoms with van der Waals surface area (Å²) in [6.07, 6.45) is 5.95. The molecule has 0 spiro atoms. The van der Waals surface area contributed by atoms with Crippen LogP contribution in [0.5, 0.6) is 5.75 Å². The first-order valence-electron chi connectivity index (χ1n) is 12.3. The molecule has 0 radical (unpaired) electrons. The third-order valence-electron chi connectivity index (χ3n) is 7.07. The highest BCUT2D eigenvalue weighted by Crippen LogP contribution is 2.41. The molecule has 7 nitrogen and oxygen atoms in total. The van der Waals surface area contributed by atoms with Crippen LogP contribution in [0, 0.1) is 5.92 Å². The lowest BCUT2D eigenvalue weighted by atomic mass is 10.1. The van der Waals surface area contributed by atoms with Gasteiger partial charge in [-0.2, -0.15) is 0 Å². The lowest BCUT2D eigenvalue weighted by Gasteiger charge is -2.23. The lowest BCUT2D eigenvalue weighted by molar-refractivity contribution is 0.0256. The van der Waals surface area contributed by atoms with Crippen LogP contribution in [0.1, 0.15) is 38.5 Å². The minimum Gasteiger partial charge on any atom is -0.490 e. The summed E-state index contributed by atoms with van der Waals surface area (Å²) in [4.78, 5) is 0. The minimum atomic E-state index is -3.28. The van der Waals surface area contributed by atoms with Gasteiger partial charge in [0.25, 0.3) is 0 Å². The van der Waals surface area contributed by atoms with Crippen LogP contribution in [0.25, 0.3) is 22.2 Å². The average molecular weight is 482 g/mol. The first-order valence-corrected chi connectivity index (χ1v) is 13.8. The maximum Gasteiger partial charge on any atom is 0.235 e. The van der Waals surface area contributed by atoms with Crippen LogP contribution in [-0.2, 0) is 21.3 Å². The molecular formula is C26H31N3O4S. The molecule has 34 heavy (non-hydrogen) atoms. The average Bonchev–Trinajstić information content (AvgIpc) is 3.74. The molecule has 3 aromatic rings. The second-order valence-electron chi connectivity index (χ2n) is 9.85. The number of fused-ring (bicyclic) bond motifs is 1. The summed E-state index contributed by atoms with van der Waals surface area (Å²) in [6.45, 7) is 2.41. The number of nitrogen functional groups attached to an aromatic ring is 1. The molecule has 6 rings (SSSR count). The number of nitrogens with one attached hydrogen (secondary N) is 1. The Labute approximate surface area is 200 Å². The maximum atomic E-state index is 12.3. The number of hydrogen-bond acceptors (Lipinski definition) is 5. The van der Waals surface area contributed by atoms with Crippen molar-refractivity contribution in [3.8, 4) is 17.0 Å². The third kappa shape index (κ3) is 4.36. The van der Waals surface area contributed by atoms with E-state index in [1.165, 1.54) is 12.8 Å². The summed E-state index contributed by atoms with van der Waals surface area (Å²) >= 11 is 0. The second kappa shape index (κ2) is 8.50. The highest BCUT2D eigenvalue weighted by Gasteiger charge is 2.35. The van der Waals surface area contributed by atoms with Crippen LogP contribution < -0.4 is 15.2 Å². The maximum absolute atomic E-state index is 12.3. The molecule has 1 aliphatic heterocycles. The molecule has 2 saturated carbocycles. The number of aromatic nitrogens is 1. The Hall–Kier alpha value is -2.71. The normalized spacial score (nSPS) is 19.4. The first-order chi connectivity index (χ1) is 16.5. The summed E-state index contributed by atoms with van der Waals surface area (Å²) < 4.78 is 41.4. The predicted molar refractivity (Wildman–Crippen MR) is 135 cm³/mol. The predicted octanol–water partition coefficient (Wildman–Crippen LogP) is 4.76. The minimum absolute atomic E-state index is 0.182. The molecule has 3 N–H and O–H groups in total. The van der Waals surface area contributed by atoms with Gasteiger partial charge in [0.15, 0.2) is 0 Å². The van der Waals surface area contributed by atoms with Crippen molar-refractivity contribution in [3.05, 3.63) is 42.5 Å². The van der Waals surface area contributed by atoms with Gasteiger partial charge in [0.05, 0.1) is 35.4 Å². The Morgan fingerprint density at radius 3 is 2.41 bits per heavy atom. The van der Waals surface area contributed by atoms with E-state index in [0.717, 1.165) is 79.0 Å². The van der Waals surface area contributed by atoms with Crippen LogP contribution in [0.2, 0.25) is 0 Å². The van der Waals surface area contributed by atoms with Crippen molar-refractivity contribution in [1.29, 1.82) is 0 Å². The molecule has 0 atom stereocenters. The van der Waals surface area contributed by atoms with Crippen molar-refractivity contribution >= 4 is 32.3 Å². The standard InChI is InChI=1S/C26H31N3O4S/c27-25-23-10-7-21(33-20-11-13-32-14-12-20)15-24(23)29(16-17-1-2-17)26(25)18-3-5-19(6-4-18)28-34(30,31)22-8-9-22/h3-7,10,15,17,20,22,28H,1-2,8-9,11-14,16,27H2. The number of hydrogen-bond donors (Lipinski definition) is 2. The third-order valence-corrected chi connectivity index (χ3v) is 8.93. The second-order valence-corrected chi connectivity index (χ2v) is 11.8. The van der Waals surface area contributed by atoms with E-state index < -0.39 is 10.0 Å². The van der Waals surface area contributed by atoms with Gasteiger partial charge < -0.3 is 19.8 Å².